The second-order valence-electron chi connectivity index (χ2n) is 5.34. The summed E-state index contributed by atoms with van der Waals surface area (Å²) in [7, 11) is 0.834. The average Bonchev–Trinajstić information content (AvgIpc) is 2.75. The summed E-state index contributed by atoms with van der Waals surface area (Å²) in [6, 6.07) is 7.15. The van der Waals surface area contributed by atoms with Crippen LogP contribution in [0.4, 0.5) is 0 Å². The van der Waals surface area contributed by atoms with Crippen molar-refractivity contribution >= 4 is 26.6 Å². The number of benzene rings is 1. The molecule has 8 heteroatoms. The van der Waals surface area contributed by atoms with E-state index in [1.807, 2.05) is 26.8 Å². The largest absolute Gasteiger partial charge is 0.440 e. The number of nitrogens with zero attached hydrogens (tertiary/aromatic N) is 3. The van der Waals surface area contributed by atoms with Gasteiger partial charge in [-0.1, -0.05) is 12.1 Å². The molecule has 0 N–H and O–H groups in total. The lowest BCUT2D eigenvalue weighted by Gasteiger charge is -2.12. The molecule has 21 heavy (non-hydrogen) atoms. The van der Waals surface area contributed by atoms with Gasteiger partial charge in [-0.2, -0.15) is 8.85 Å². The third-order valence-electron chi connectivity index (χ3n) is 2.52. The second-order valence-corrected chi connectivity index (χ2v) is 7.76. The highest BCUT2D eigenvalue weighted by molar-refractivity contribution is 7.85. The molecule has 2 aromatic rings. The Morgan fingerprint density at radius 3 is 2.71 bits per heavy atom. The third-order valence-corrected chi connectivity index (χ3v) is 4.20. The van der Waals surface area contributed by atoms with Gasteiger partial charge in [-0.05, 0) is 47.9 Å². The summed E-state index contributed by atoms with van der Waals surface area (Å²) < 4.78 is 21.6. The monoisotopic (exact) mass is 325 g/mol. The van der Waals surface area contributed by atoms with Crippen LogP contribution in [-0.2, 0) is 11.0 Å². The van der Waals surface area contributed by atoms with E-state index >= 15 is 0 Å². The molecule has 1 aromatic heterocycles. The molecule has 0 spiro atoms. The summed E-state index contributed by atoms with van der Waals surface area (Å²) in [5, 5.41) is 3.95. The van der Waals surface area contributed by atoms with Crippen LogP contribution in [0.2, 0.25) is 0 Å². The summed E-state index contributed by atoms with van der Waals surface area (Å²) in [6.45, 7) is 5.57. The fourth-order valence-electron chi connectivity index (χ4n) is 1.42. The van der Waals surface area contributed by atoms with Crippen LogP contribution in [0.3, 0.4) is 0 Å². The maximum atomic E-state index is 11.9. The first-order valence-electron chi connectivity index (χ1n) is 6.19. The summed E-state index contributed by atoms with van der Waals surface area (Å²) in [5.41, 5.74) is 1.41. The first kappa shape index (κ1) is 15.8. The molecule has 2 unspecified atom stereocenters. The van der Waals surface area contributed by atoms with Gasteiger partial charge in [0.25, 0.3) is 0 Å². The van der Waals surface area contributed by atoms with E-state index in [9.17, 15) is 9.00 Å². The molecule has 0 amide bonds. The Balaban J connectivity index is 2.28. The molecule has 0 aliphatic heterocycles. The summed E-state index contributed by atoms with van der Waals surface area (Å²) >= 11 is 0. The van der Waals surface area contributed by atoms with Crippen molar-refractivity contribution < 1.29 is 8.63 Å². The Labute approximate surface area is 127 Å². The maximum absolute atomic E-state index is 11.9. The SMILES string of the molecule is CC(C)(C)S(=O)N=Cc1cccc(-c2nn(P)c(=O)o2)c1. The van der Waals surface area contributed by atoms with Crippen LogP contribution in [-0.4, -0.2) is 24.7 Å². The highest BCUT2D eigenvalue weighted by Gasteiger charge is 2.18. The van der Waals surface area contributed by atoms with E-state index in [1.54, 1.807) is 24.4 Å². The predicted molar refractivity (Wildman–Crippen MR) is 86.8 cm³/mol. The molecule has 6 nitrogen and oxygen atoms in total. The van der Waals surface area contributed by atoms with Crippen LogP contribution in [0.5, 0.6) is 0 Å². The Kier molecular flexibility index (Phi) is 4.54. The minimum Gasteiger partial charge on any atom is -0.387 e. The molecule has 0 aliphatic rings. The molecule has 0 fully saturated rings. The van der Waals surface area contributed by atoms with Gasteiger partial charge in [0.05, 0.1) is 4.75 Å². The number of aromatic nitrogens is 2. The van der Waals surface area contributed by atoms with Gasteiger partial charge >= 0.3 is 5.76 Å². The van der Waals surface area contributed by atoms with E-state index in [-0.39, 0.29) is 5.89 Å². The molecular weight excluding hydrogens is 309 g/mol. The van der Waals surface area contributed by atoms with Gasteiger partial charge in [0, 0.05) is 11.8 Å². The second kappa shape index (κ2) is 6.03. The zero-order valence-electron chi connectivity index (χ0n) is 11.9. The van der Waals surface area contributed by atoms with E-state index in [0.29, 0.717) is 5.56 Å². The Morgan fingerprint density at radius 1 is 1.43 bits per heavy atom. The topological polar surface area (TPSA) is 77.5 Å². The quantitative estimate of drug-likeness (QED) is 0.639. The number of hydrogen-bond acceptors (Lipinski definition) is 4. The number of rotatable bonds is 3. The van der Waals surface area contributed by atoms with Crippen LogP contribution >= 0.6 is 9.39 Å². The molecule has 1 aromatic carbocycles. The van der Waals surface area contributed by atoms with Crippen molar-refractivity contribution in [2.24, 2.45) is 4.40 Å². The normalized spacial score (nSPS) is 13.7. The highest BCUT2D eigenvalue weighted by atomic mass is 32.2. The molecule has 0 aliphatic carbocycles. The van der Waals surface area contributed by atoms with E-state index in [2.05, 4.69) is 18.9 Å². The Morgan fingerprint density at radius 2 is 2.14 bits per heavy atom. The van der Waals surface area contributed by atoms with Gasteiger partial charge in [-0.15, -0.1) is 5.10 Å². The lowest BCUT2D eigenvalue weighted by atomic mass is 10.1. The van der Waals surface area contributed by atoms with Crippen LogP contribution in [0.25, 0.3) is 11.5 Å². The van der Waals surface area contributed by atoms with Crippen LogP contribution in [0, 0.1) is 0 Å². The summed E-state index contributed by atoms with van der Waals surface area (Å²) in [4.78, 5) is 11.3. The molecule has 1 heterocycles. The van der Waals surface area contributed by atoms with Gasteiger partial charge in [-0.25, -0.2) is 9.00 Å². The molecule has 0 saturated carbocycles. The average molecular weight is 325 g/mol. The standard InChI is InChI=1S/C13H16N3O3PS/c1-13(2,3)21(18)14-8-9-5-4-6-10(7-9)11-15-16(20)12(17)19-11/h4-8H,20H2,1-3H3. The molecule has 0 bridgehead atoms. The van der Waals surface area contributed by atoms with Gasteiger partial charge in [0.15, 0.2) is 0 Å². The Bertz CT molecular complexity index is 759. The lowest BCUT2D eigenvalue weighted by Crippen LogP contribution is -2.19. The first-order valence-corrected chi connectivity index (χ1v) is 7.81. The van der Waals surface area contributed by atoms with E-state index in [4.69, 9.17) is 4.42 Å². The van der Waals surface area contributed by atoms with Crippen LogP contribution < -0.4 is 5.76 Å². The lowest BCUT2D eigenvalue weighted by molar-refractivity contribution is 0.523. The minimum absolute atomic E-state index is 0.224. The van der Waals surface area contributed by atoms with Gasteiger partial charge in [0.1, 0.15) is 11.0 Å². The van der Waals surface area contributed by atoms with E-state index in [1.165, 1.54) is 0 Å². The smallest absolute Gasteiger partial charge is 0.387 e. The fourth-order valence-corrected chi connectivity index (χ4v) is 2.12. The summed E-state index contributed by atoms with van der Waals surface area (Å²) in [5.74, 6) is -0.329. The fraction of sp³-hybridized carbons (Fsp3) is 0.308. The highest BCUT2D eigenvalue weighted by Crippen LogP contribution is 2.17. The van der Waals surface area contributed by atoms with Crippen LogP contribution in [0.1, 0.15) is 26.3 Å². The van der Waals surface area contributed by atoms with E-state index in [0.717, 1.165) is 10.0 Å². The van der Waals surface area contributed by atoms with Crippen molar-refractivity contribution in [3.8, 4) is 11.5 Å². The Hall–Kier alpha value is -1.59. The van der Waals surface area contributed by atoms with Gasteiger partial charge in [0.2, 0.25) is 5.89 Å². The maximum Gasteiger partial charge on any atom is 0.440 e. The predicted octanol–water partition coefficient (Wildman–Crippen LogP) is 2.02. The molecule has 0 radical (unpaired) electrons. The van der Waals surface area contributed by atoms with E-state index < -0.39 is 21.5 Å². The van der Waals surface area contributed by atoms with Crippen molar-refractivity contribution in [1.82, 2.24) is 9.55 Å². The molecule has 0 saturated heterocycles. The first-order chi connectivity index (χ1) is 9.77. The van der Waals surface area contributed by atoms with Crippen molar-refractivity contribution in [2.75, 3.05) is 0 Å². The van der Waals surface area contributed by atoms with Gasteiger partial charge < -0.3 is 4.42 Å². The zero-order valence-corrected chi connectivity index (χ0v) is 13.9. The van der Waals surface area contributed by atoms with Crippen molar-refractivity contribution in [2.45, 2.75) is 25.5 Å². The summed E-state index contributed by atoms with van der Waals surface area (Å²) in [6.07, 6.45) is 1.54. The van der Waals surface area contributed by atoms with Gasteiger partial charge in [-0.3, -0.25) is 0 Å². The van der Waals surface area contributed by atoms with Crippen molar-refractivity contribution in [3.63, 3.8) is 0 Å². The third kappa shape index (κ3) is 3.95. The number of hydrogen-bond donors (Lipinski definition) is 0. The molecule has 2 rings (SSSR count). The molecule has 112 valence electrons. The van der Waals surface area contributed by atoms with Crippen LogP contribution in [0.15, 0.2) is 37.9 Å². The molecular formula is C13H16N3O3PS. The molecule has 2 atom stereocenters. The van der Waals surface area contributed by atoms with Crippen molar-refractivity contribution in [1.29, 1.82) is 0 Å². The zero-order chi connectivity index (χ0) is 15.6. The minimum atomic E-state index is -1.32. The van der Waals surface area contributed by atoms with Crippen molar-refractivity contribution in [3.05, 3.63) is 40.4 Å².